The topological polar surface area (TPSA) is 94.0 Å². The maximum atomic E-state index is 13.4. The lowest BCUT2D eigenvalue weighted by molar-refractivity contribution is -0.129. The van der Waals surface area contributed by atoms with Crippen LogP contribution in [-0.4, -0.2) is 76.3 Å². The van der Waals surface area contributed by atoms with Gasteiger partial charge in [0.1, 0.15) is 34.1 Å². The van der Waals surface area contributed by atoms with E-state index in [-0.39, 0.29) is 11.9 Å². The van der Waals surface area contributed by atoms with Crippen LogP contribution in [0.2, 0.25) is 0 Å². The molecule has 1 saturated carbocycles. The number of likely N-dealkylation sites (N-methyl/N-ethyl adjacent to an activating group) is 1. The van der Waals surface area contributed by atoms with E-state index in [1.54, 1.807) is 19.4 Å². The van der Waals surface area contributed by atoms with Crippen LogP contribution < -0.4 is 19.5 Å². The Morgan fingerprint density at radius 3 is 2.36 bits per heavy atom. The number of fused-ring (bicyclic) bond motifs is 1. The molecule has 258 valence electrons. The van der Waals surface area contributed by atoms with Crippen LogP contribution >= 0.6 is 0 Å². The van der Waals surface area contributed by atoms with Crippen molar-refractivity contribution in [3.05, 3.63) is 109 Å². The smallest absolute Gasteiger partial charge is 0.246 e. The van der Waals surface area contributed by atoms with Gasteiger partial charge >= 0.3 is 0 Å². The van der Waals surface area contributed by atoms with E-state index in [9.17, 15) is 4.79 Å². The molecule has 10 nitrogen and oxygen atoms in total. The highest BCUT2D eigenvalue weighted by Crippen LogP contribution is 2.36. The minimum atomic E-state index is 0.0436. The highest BCUT2D eigenvalue weighted by atomic mass is 16.5. The minimum Gasteiger partial charge on any atom is -0.497 e. The van der Waals surface area contributed by atoms with E-state index in [0.29, 0.717) is 42.1 Å². The van der Waals surface area contributed by atoms with Crippen molar-refractivity contribution < 1.29 is 19.0 Å². The van der Waals surface area contributed by atoms with E-state index in [4.69, 9.17) is 24.3 Å². The molecule has 50 heavy (non-hydrogen) atoms. The SMILES string of the molecule is COc1ccc(Cn2nc(NCC3CCCCN3C(=O)C=CCN(C)C3CC3)c3c(Oc4ccc(Oc5ccccc5)cc4)ccnc32)cc1. The molecule has 1 saturated heterocycles. The molecule has 1 unspecified atom stereocenters. The van der Waals surface area contributed by atoms with Crippen LogP contribution in [0.15, 0.2) is 103 Å². The number of rotatable bonds is 14. The van der Waals surface area contributed by atoms with Gasteiger partial charge in [-0.3, -0.25) is 9.69 Å². The fourth-order valence-electron chi connectivity index (χ4n) is 6.42. The van der Waals surface area contributed by atoms with Crippen LogP contribution in [0, 0.1) is 0 Å². The second-order valence-corrected chi connectivity index (χ2v) is 13.0. The number of likely N-dealkylation sites (tertiary alicyclic amines) is 1. The molecule has 7 rings (SSSR count). The highest BCUT2D eigenvalue weighted by Gasteiger charge is 2.28. The number of ether oxygens (including phenoxy) is 3. The molecule has 0 radical (unpaired) electrons. The van der Waals surface area contributed by atoms with Crippen LogP contribution in [0.3, 0.4) is 0 Å². The Morgan fingerprint density at radius 2 is 1.62 bits per heavy atom. The Labute approximate surface area is 293 Å². The first kappa shape index (κ1) is 33.2. The predicted molar refractivity (Wildman–Crippen MR) is 195 cm³/mol. The molecule has 1 aliphatic carbocycles. The average molecular weight is 673 g/mol. The molecular formula is C40H44N6O4. The van der Waals surface area contributed by atoms with E-state index >= 15 is 0 Å². The van der Waals surface area contributed by atoms with Crippen LogP contribution in [0.1, 0.15) is 37.7 Å². The summed E-state index contributed by atoms with van der Waals surface area (Å²) in [6.07, 6.45) is 11.0. The lowest BCUT2D eigenvalue weighted by Gasteiger charge is -2.35. The molecule has 2 fully saturated rings. The lowest BCUT2D eigenvalue weighted by atomic mass is 10.0. The number of hydrogen-bond donors (Lipinski definition) is 1. The number of methoxy groups -OCH3 is 1. The number of nitrogens with zero attached hydrogens (tertiary/aromatic N) is 5. The zero-order valence-corrected chi connectivity index (χ0v) is 28.7. The van der Waals surface area contributed by atoms with Crippen LogP contribution in [0.5, 0.6) is 28.7 Å². The maximum absolute atomic E-state index is 13.4. The number of benzene rings is 3. The number of nitrogens with one attached hydrogen (secondary N) is 1. The van der Waals surface area contributed by atoms with E-state index < -0.39 is 0 Å². The highest BCUT2D eigenvalue weighted by molar-refractivity contribution is 5.93. The van der Waals surface area contributed by atoms with Gasteiger partial charge in [0.25, 0.3) is 0 Å². The second-order valence-electron chi connectivity index (χ2n) is 13.0. The number of aromatic nitrogens is 3. The third-order valence-electron chi connectivity index (χ3n) is 9.36. The van der Waals surface area contributed by atoms with Crippen molar-refractivity contribution >= 4 is 22.8 Å². The fourth-order valence-corrected chi connectivity index (χ4v) is 6.42. The molecule has 1 amide bonds. The van der Waals surface area contributed by atoms with E-state index in [1.165, 1.54) is 12.8 Å². The zero-order chi connectivity index (χ0) is 34.3. The number of pyridine rings is 1. The van der Waals surface area contributed by atoms with Gasteiger partial charge in [-0.05, 0) is 93.2 Å². The third-order valence-corrected chi connectivity index (χ3v) is 9.36. The quantitative estimate of drug-likeness (QED) is 0.121. The third kappa shape index (κ3) is 8.09. The number of piperidine rings is 1. The standard InChI is InChI=1S/C40H44N6O4/c1-44(30-15-16-30)25-8-12-37(47)45-26-7-6-9-31(45)27-42-39-38-36(50-35-21-19-34(20-22-35)49-33-10-4-3-5-11-33)23-24-41-40(38)46(43-39)28-29-13-17-32(48-2)18-14-29/h3-5,8,10-14,17-24,30-31H,6-7,9,15-16,25-28H2,1-2H3,(H,42,43). The van der Waals surface area contributed by atoms with Crippen molar-refractivity contribution in [2.75, 3.05) is 39.1 Å². The summed E-state index contributed by atoms with van der Waals surface area (Å²) >= 11 is 0. The number of amides is 1. The van der Waals surface area contributed by atoms with Crippen molar-refractivity contribution in [1.82, 2.24) is 24.6 Å². The normalized spacial score (nSPS) is 16.2. The van der Waals surface area contributed by atoms with E-state index in [1.807, 2.05) is 101 Å². The lowest BCUT2D eigenvalue weighted by Crippen LogP contribution is -2.46. The largest absolute Gasteiger partial charge is 0.497 e. The molecular weight excluding hydrogens is 628 g/mol. The average Bonchev–Trinajstić information content (AvgIpc) is 3.95. The first-order chi connectivity index (χ1) is 24.5. The summed E-state index contributed by atoms with van der Waals surface area (Å²) in [6.45, 7) is 2.62. The van der Waals surface area contributed by atoms with Crippen molar-refractivity contribution in [2.45, 2.75) is 50.7 Å². The monoisotopic (exact) mass is 672 g/mol. The summed E-state index contributed by atoms with van der Waals surface area (Å²) in [5.74, 6) is 4.32. The molecule has 2 aliphatic rings. The summed E-state index contributed by atoms with van der Waals surface area (Å²) < 4.78 is 19.7. The molecule has 3 heterocycles. The summed E-state index contributed by atoms with van der Waals surface area (Å²) in [5.41, 5.74) is 1.76. The van der Waals surface area contributed by atoms with Gasteiger partial charge in [0.2, 0.25) is 5.91 Å². The Morgan fingerprint density at radius 1 is 0.900 bits per heavy atom. The summed E-state index contributed by atoms with van der Waals surface area (Å²) in [5, 5.41) is 9.41. The molecule has 1 N–H and O–H groups in total. The molecule has 5 aromatic rings. The number of carbonyl (C=O) groups is 1. The number of carbonyl (C=O) groups excluding carboxylic acids is 1. The van der Waals surface area contributed by atoms with Gasteiger partial charge in [-0.15, -0.1) is 0 Å². The molecule has 1 atom stereocenters. The second kappa shape index (κ2) is 15.5. The molecule has 0 spiro atoms. The maximum Gasteiger partial charge on any atom is 0.246 e. The van der Waals surface area contributed by atoms with Gasteiger partial charge in [-0.1, -0.05) is 36.4 Å². The van der Waals surface area contributed by atoms with E-state index in [0.717, 1.165) is 60.6 Å². The van der Waals surface area contributed by atoms with Crippen LogP contribution in [0.25, 0.3) is 11.0 Å². The molecule has 10 heteroatoms. The van der Waals surface area contributed by atoms with Gasteiger partial charge in [-0.2, -0.15) is 5.10 Å². The summed E-state index contributed by atoms with van der Waals surface area (Å²) in [4.78, 5) is 22.4. The Hall–Kier alpha value is -5.35. The zero-order valence-electron chi connectivity index (χ0n) is 28.7. The van der Waals surface area contributed by atoms with Crippen molar-refractivity contribution in [2.24, 2.45) is 0 Å². The molecule has 0 bridgehead atoms. The fraction of sp³-hybridized carbons (Fsp3) is 0.325. The first-order valence-corrected chi connectivity index (χ1v) is 17.4. The van der Waals surface area contributed by atoms with Gasteiger partial charge in [0.05, 0.1) is 13.7 Å². The summed E-state index contributed by atoms with van der Waals surface area (Å²) in [7, 11) is 3.79. The van der Waals surface area contributed by atoms with Crippen molar-refractivity contribution in [3.8, 4) is 28.7 Å². The van der Waals surface area contributed by atoms with Gasteiger partial charge < -0.3 is 24.4 Å². The van der Waals surface area contributed by atoms with E-state index in [2.05, 4.69) is 17.3 Å². The molecule has 1 aliphatic heterocycles. The van der Waals surface area contributed by atoms with Gasteiger partial charge in [-0.25, -0.2) is 9.67 Å². The number of para-hydroxylation sites is 1. The predicted octanol–water partition coefficient (Wildman–Crippen LogP) is 7.52. The minimum absolute atomic E-state index is 0.0436. The van der Waals surface area contributed by atoms with Crippen LogP contribution in [0.4, 0.5) is 5.82 Å². The number of hydrogen-bond acceptors (Lipinski definition) is 8. The van der Waals surface area contributed by atoms with Crippen molar-refractivity contribution in [3.63, 3.8) is 0 Å². The Balaban J connectivity index is 1.12. The first-order valence-electron chi connectivity index (χ1n) is 17.4. The molecule has 3 aromatic carbocycles. The Kier molecular flexibility index (Phi) is 10.3. The number of anilines is 1. The van der Waals surface area contributed by atoms with Gasteiger partial charge in [0.15, 0.2) is 11.5 Å². The van der Waals surface area contributed by atoms with Crippen LogP contribution in [-0.2, 0) is 11.3 Å². The van der Waals surface area contributed by atoms with Gasteiger partial charge in [0, 0.05) is 50.1 Å². The Bertz CT molecular complexity index is 1900. The summed E-state index contributed by atoms with van der Waals surface area (Å²) in [6, 6.07) is 27.8. The van der Waals surface area contributed by atoms with Crippen molar-refractivity contribution in [1.29, 1.82) is 0 Å². The molecule has 2 aromatic heterocycles.